The molecule has 0 amide bonds. The molecule has 0 saturated heterocycles. The zero-order valence-electron chi connectivity index (χ0n) is 7.69. The molecule has 0 aromatic heterocycles. The van der Waals surface area contributed by atoms with Gasteiger partial charge in [0.2, 0.25) is 0 Å². The molecule has 1 saturated carbocycles. The largest absolute Gasteiger partial charge is 0.324 e. The molecule has 1 heteroatoms. The average molecular weight is 153 g/mol. The van der Waals surface area contributed by atoms with Crippen molar-refractivity contribution in [3.05, 3.63) is 11.1 Å². The Morgan fingerprint density at radius 1 is 1.27 bits per heavy atom. The normalized spacial score (nSPS) is 21.5. The zero-order valence-corrected chi connectivity index (χ0v) is 7.69. The van der Waals surface area contributed by atoms with Crippen molar-refractivity contribution in [2.24, 2.45) is 5.73 Å². The van der Waals surface area contributed by atoms with Gasteiger partial charge in [0.05, 0.1) is 0 Å². The molecule has 1 aliphatic carbocycles. The van der Waals surface area contributed by atoms with Gasteiger partial charge in [0, 0.05) is 6.04 Å². The van der Waals surface area contributed by atoms with Gasteiger partial charge < -0.3 is 5.73 Å². The van der Waals surface area contributed by atoms with Crippen molar-refractivity contribution < 1.29 is 0 Å². The van der Waals surface area contributed by atoms with Crippen LogP contribution in [0.25, 0.3) is 0 Å². The van der Waals surface area contributed by atoms with Crippen molar-refractivity contribution >= 4 is 0 Å². The molecule has 1 atom stereocenters. The highest BCUT2D eigenvalue weighted by molar-refractivity contribution is 5.17. The molecule has 0 aromatic carbocycles. The molecule has 0 heterocycles. The third kappa shape index (κ3) is 2.33. The van der Waals surface area contributed by atoms with E-state index in [9.17, 15) is 0 Å². The van der Waals surface area contributed by atoms with Gasteiger partial charge in [-0.15, -0.1) is 0 Å². The Kier molecular flexibility index (Phi) is 3.13. The van der Waals surface area contributed by atoms with Crippen LogP contribution in [0, 0.1) is 0 Å². The molecule has 0 spiro atoms. The van der Waals surface area contributed by atoms with E-state index in [2.05, 4.69) is 13.8 Å². The number of nitrogens with two attached hydrogens (primary N) is 1. The summed E-state index contributed by atoms with van der Waals surface area (Å²) in [6.07, 6.45) is 6.76. The second-order valence-electron chi connectivity index (χ2n) is 3.64. The number of hydrogen-bond donors (Lipinski definition) is 1. The summed E-state index contributed by atoms with van der Waals surface area (Å²) in [5.74, 6) is 0. The van der Waals surface area contributed by atoms with E-state index in [1.54, 1.807) is 5.57 Å². The van der Waals surface area contributed by atoms with Gasteiger partial charge in [0.1, 0.15) is 0 Å². The molecule has 1 unspecified atom stereocenters. The first-order valence-electron chi connectivity index (χ1n) is 4.66. The highest BCUT2D eigenvalue weighted by Gasteiger charge is 2.09. The highest BCUT2D eigenvalue weighted by atomic mass is 14.6. The van der Waals surface area contributed by atoms with Crippen molar-refractivity contribution in [1.82, 2.24) is 0 Å². The molecular formula is C10H19N. The number of rotatable bonds is 1. The fourth-order valence-corrected chi connectivity index (χ4v) is 1.69. The van der Waals surface area contributed by atoms with Gasteiger partial charge in [0.15, 0.2) is 0 Å². The van der Waals surface area contributed by atoms with Crippen LogP contribution in [0.4, 0.5) is 0 Å². The summed E-state index contributed by atoms with van der Waals surface area (Å²) in [5.41, 5.74) is 8.87. The predicted molar refractivity (Wildman–Crippen MR) is 49.4 cm³/mol. The predicted octanol–water partition coefficient (Wildman–Crippen LogP) is 2.61. The summed E-state index contributed by atoms with van der Waals surface area (Å²) in [6.45, 7) is 4.27. The summed E-state index contributed by atoms with van der Waals surface area (Å²) >= 11 is 0. The van der Waals surface area contributed by atoms with Crippen molar-refractivity contribution in [3.8, 4) is 0 Å². The second kappa shape index (κ2) is 3.91. The van der Waals surface area contributed by atoms with Crippen molar-refractivity contribution in [2.75, 3.05) is 0 Å². The van der Waals surface area contributed by atoms with Crippen LogP contribution < -0.4 is 5.73 Å². The van der Waals surface area contributed by atoms with Gasteiger partial charge in [-0.05, 0) is 39.5 Å². The fraction of sp³-hybridized carbons (Fsp3) is 0.800. The van der Waals surface area contributed by atoms with Gasteiger partial charge in [0.25, 0.3) is 0 Å². The quantitative estimate of drug-likeness (QED) is 0.576. The van der Waals surface area contributed by atoms with E-state index < -0.39 is 0 Å². The molecule has 0 aliphatic heterocycles. The Morgan fingerprint density at radius 3 is 2.27 bits per heavy atom. The van der Waals surface area contributed by atoms with Gasteiger partial charge in [-0.1, -0.05) is 17.6 Å². The average Bonchev–Trinajstić information content (AvgIpc) is 2.05. The van der Waals surface area contributed by atoms with Crippen LogP contribution in [-0.4, -0.2) is 6.04 Å². The lowest BCUT2D eigenvalue weighted by atomic mass is 9.89. The third-order valence-corrected chi connectivity index (χ3v) is 2.70. The van der Waals surface area contributed by atoms with E-state index in [0.29, 0.717) is 0 Å². The van der Waals surface area contributed by atoms with E-state index in [1.807, 2.05) is 0 Å². The smallest absolute Gasteiger partial charge is 0.0224 e. The molecule has 11 heavy (non-hydrogen) atoms. The molecule has 1 aliphatic rings. The lowest BCUT2D eigenvalue weighted by Crippen LogP contribution is -2.18. The third-order valence-electron chi connectivity index (χ3n) is 2.70. The maximum atomic E-state index is 5.81. The van der Waals surface area contributed by atoms with E-state index in [0.717, 1.165) is 0 Å². The second-order valence-corrected chi connectivity index (χ2v) is 3.64. The minimum Gasteiger partial charge on any atom is -0.324 e. The lowest BCUT2D eigenvalue weighted by molar-refractivity contribution is 0.586. The van der Waals surface area contributed by atoms with Crippen LogP contribution in [0.2, 0.25) is 0 Å². The van der Waals surface area contributed by atoms with Crippen LogP contribution in [0.3, 0.4) is 0 Å². The summed E-state index contributed by atoms with van der Waals surface area (Å²) in [6, 6.07) is 0.267. The van der Waals surface area contributed by atoms with Crippen molar-refractivity contribution in [3.63, 3.8) is 0 Å². The summed E-state index contributed by atoms with van der Waals surface area (Å²) in [4.78, 5) is 0. The Bertz CT molecular complexity index is 148. The van der Waals surface area contributed by atoms with Crippen LogP contribution in [0.5, 0.6) is 0 Å². The maximum absolute atomic E-state index is 5.81. The first kappa shape index (κ1) is 8.79. The summed E-state index contributed by atoms with van der Waals surface area (Å²) in [5, 5.41) is 0. The minimum absolute atomic E-state index is 0.267. The Labute approximate surface area is 69.7 Å². The van der Waals surface area contributed by atoms with Gasteiger partial charge in [-0.2, -0.15) is 0 Å². The Balaban J connectivity index is 2.60. The molecule has 2 N–H and O–H groups in total. The van der Waals surface area contributed by atoms with Crippen LogP contribution in [0.15, 0.2) is 11.1 Å². The lowest BCUT2D eigenvalue weighted by Gasteiger charge is -2.18. The van der Waals surface area contributed by atoms with Crippen LogP contribution >= 0.6 is 0 Å². The molecule has 64 valence electrons. The van der Waals surface area contributed by atoms with E-state index in [1.165, 1.54) is 37.7 Å². The molecular weight excluding hydrogens is 134 g/mol. The molecule has 0 bridgehead atoms. The Morgan fingerprint density at radius 2 is 1.82 bits per heavy atom. The van der Waals surface area contributed by atoms with E-state index in [-0.39, 0.29) is 6.04 Å². The molecule has 0 radical (unpaired) electrons. The minimum atomic E-state index is 0.267. The molecule has 0 aromatic rings. The van der Waals surface area contributed by atoms with Gasteiger partial charge >= 0.3 is 0 Å². The standard InChI is InChI=1S/C10H19N/c1-8(9(2)11)10-6-4-3-5-7-10/h9H,3-7,11H2,1-2H3. The monoisotopic (exact) mass is 153 g/mol. The van der Waals surface area contributed by atoms with Crippen molar-refractivity contribution in [1.29, 1.82) is 0 Å². The van der Waals surface area contributed by atoms with E-state index >= 15 is 0 Å². The highest BCUT2D eigenvalue weighted by Crippen LogP contribution is 2.26. The summed E-state index contributed by atoms with van der Waals surface area (Å²) in [7, 11) is 0. The topological polar surface area (TPSA) is 26.0 Å². The van der Waals surface area contributed by atoms with Crippen molar-refractivity contribution in [2.45, 2.75) is 52.0 Å². The summed E-state index contributed by atoms with van der Waals surface area (Å²) < 4.78 is 0. The first-order valence-corrected chi connectivity index (χ1v) is 4.66. The molecule has 1 fully saturated rings. The molecule has 1 rings (SSSR count). The number of hydrogen-bond acceptors (Lipinski definition) is 1. The number of allylic oxidation sites excluding steroid dienone is 1. The zero-order chi connectivity index (χ0) is 8.27. The van der Waals surface area contributed by atoms with E-state index in [4.69, 9.17) is 5.73 Å². The fourth-order valence-electron chi connectivity index (χ4n) is 1.69. The van der Waals surface area contributed by atoms with Crippen LogP contribution in [0.1, 0.15) is 46.0 Å². The first-order chi connectivity index (χ1) is 5.22. The molecule has 1 nitrogen and oxygen atoms in total. The maximum Gasteiger partial charge on any atom is 0.0224 e. The van der Waals surface area contributed by atoms with Gasteiger partial charge in [-0.3, -0.25) is 0 Å². The Hall–Kier alpha value is -0.300. The van der Waals surface area contributed by atoms with Crippen LogP contribution in [-0.2, 0) is 0 Å². The SMILES string of the molecule is CC(=C1CCCCC1)C(C)N. The van der Waals surface area contributed by atoms with Gasteiger partial charge in [-0.25, -0.2) is 0 Å².